The summed E-state index contributed by atoms with van der Waals surface area (Å²) in [6, 6.07) is 3.49. The number of nitrogens with zero attached hydrogens (tertiary/aromatic N) is 1. The number of rotatable bonds is 3. The molecule has 1 aliphatic rings. The summed E-state index contributed by atoms with van der Waals surface area (Å²) in [6.45, 7) is 3.15. The molecule has 0 bridgehead atoms. The molecule has 7 heteroatoms. The van der Waals surface area contributed by atoms with Crippen LogP contribution in [0.15, 0.2) is 18.2 Å². The van der Waals surface area contributed by atoms with Crippen LogP contribution in [-0.2, 0) is 11.3 Å². The van der Waals surface area contributed by atoms with Crippen LogP contribution in [0.1, 0.15) is 5.56 Å². The van der Waals surface area contributed by atoms with E-state index in [4.69, 9.17) is 4.74 Å². The van der Waals surface area contributed by atoms with Gasteiger partial charge in [-0.05, 0) is 17.7 Å². The summed E-state index contributed by atoms with van der Waals surface area (Å²) < 4.78 is 58.2. The fourth-order valence-corrected chi connectivity index (χ4v) is 1.87. The highest BCUT2D eigenvalue weighted by atomic mass is 19.4. The van der Waals surface area contributed by atoms with Crippen molar-refractivity contribution in [2.45, 2.75) is 12.9 Å². The van der Waals surface area contributed by atoms with Gasteiger partial charge in [0.15, 0.2) is 11.6 Å². The first-order chi connectivity index (χ1) is 8.94. The second-order valence-electron chi connectivity index (χ2n) is 4.20. The maximum atomic E-state index is 13.5. The van der Waals surface area contributed by atoms with E-state index in [9.17, 15) is 17.6 Å². The maximum absolute atomic E-state index is 13.5. The Hall–Kier alpha value is -1.34. The summed E-state index contributed by atoms with van der Waals surface area (Å²) in [5.74, 6) is -1.82. The minimum Gasteiger partial charge on any atom is -0.403 e. The van der Waals surface area contributed by atoms with E-state index in [0.717, 1.165) is 25.2 Å². The lowest BCUT2D eigenvalue weighted by atomic mass is 10.2. The normalized spacial score (nSPS) is 17.5. The van der Waals surface area contributed by atoms with E-state index in [1.54, 1.807) is 0 Å². The molecule has 0 unspecified atom stereocenters. The van der Waals surface area contributed by atoms with Crippen molar-refractivity contribution in [3.8, 4) is 5.75 Å². The number of hydrogen-bond acceptors (Lipinski definition) is 3. The summed E-state index contributed by atoms with van der Waals surface area (Å²) >= 11 is 0. The van der Waals surface area contributed by atoms with Gasteiger partial charge >= 0.3 is 6.36 Å². The van der Waals surface area contributed by atoms with Crippen molar-refractivity contribution in [3.63, 3.8) is 0 Å². The molecule has 0 aliphatic carbocycles. The Morgan fingerprint density at radius 1 is 1.21 bits per heavy atom. The van der Waals surface area contributed by atoms with Crippen molar-refractivity contribution in [2.75, 3.05) is 26.3 Å². The fourth-order valence-electron chi connectivity index (χ4n) is 1.87. The van der Waals surface area contributed by atoms with E-state index in [1.807, 2.05) is 4.90 Å². The van der Waals surface area contributed by atoms with Crippen LogP contribution in [0.2, 0.25) is 0 Å². The van der Waals surface area contributed by atoms with Crippen molar-refractivity contribution in [3.05, 3.63) is 29.6 Å². The molecule has 1 heterocycles. The minimum atomic E-state index is -4.88. The highest BCUT2D eigenvalue weighted by molar-refractivity contribution is 5.29. The zero-order valence-electron chi connectivity index (χ0n) is 10.0. The molecule has 0 radical (unpaired) electrons. The Balaban J connectivity index is 2.01. The number of alkyl halides is 3. The van der Waals surface area contributed by atoms with Crippen LogP contribution in [-0.4, -0.2) is 37.6 Å². The van der Waals surface area contributed by atoms with Gasteiger partial charge in [0.25, 0.3) is 0 Å². The molecule has 1 aromatic rings. The van der Waals surface area contributed by atoms with Crippen molar-refractivity contribution in [1.29, 1.82) is 0 Å². The monoisotopic (exact) mass is 279 g/mol. The minimum absolute atomic E-state index is 0.479. The molecule has 2 rings (SSSR count). The van der Waals surface area contributed by atoms with Gasteiger partial charge in [0.05, 0.1) is 13.2 Å². The molecule has 0 aromatic heterocycles. The number of benzene rings is 1. The first kappa shape index (κ1) is 14.1. The van der Waals surface area contributed by atoms with Crippen LogP contribution in [0.5, 0.6) is 5.75 Å². The number of ether oxygens (including phenoxy) is 2. The molecule has 1 fully saturated rings. The van der Waals surface area contributed by atoms with Gasteiger partial charge in [0.1, 0.15) is 0 Å². The quantitative estimate of drug-likeness (QED) is 0.794. The van der Waals surface area contributed by atoms with Gasteiger partial charge in [-0.1, -0.05) is 6.07 Å². The second kappa shape index (κ2) is 5.75. The van der Waals surface area contributed by atoms with Gasteiger partial charge in [-0.3, -0.25) is 4.90 Å². The molecule has 0 spiro atoms. The van der Waals surface area contributed by atoms with E-state index < -0.39 is 17.9 Å². The van der Waals surface area contributed by atoms with E-state index in [-0.39, 0.29) is 0 Å². The molecular weight excluding hydrogens is 266 g/mol. The lowest BCUT2D eigenvalue weighted by Crippen LogP contribution is -2.35. The zero-order valence-corrected chi connectivity index (χ0v) is 10.0. The Kier molecular flexibility index (Phi) is 4.26. The van der Waals surface area contributed by atoms with Crippen molar-refractivity contribution in [1.82, 2.24) is 4.90 Å². The molecule has 1 aromatic carbocycles. The van der Waals surface area contributed by atoms with Crippen LogP contribution >= 0.6 is 0 Å². The maximum Gasteiger partial charge on any atom is 0.573 e. The number of morpholine rings is 1. The molecule has 106 valence electrons. The predicted octanol–water partition coefficient (Wildman–Crippen LogP) is 2.56. The van der Waals surface area contributed by atoms with Crippen LogP contribution < -0.4 is 4.74 Å². The van der Waals surface area contributed by atoms with E-state index in [1.165, 1.54) is 6.07 Å². The Bertz CT molecular complexity index is 430. The summed E-state index contributed by atoms with van der Waals surface area (Å²) in [4.78, 5) is 2.04. The fraction of sp³-hybridized carbons (Fsp3) is 0.500. The van der Waals surface area contributed by atoms with Crippen LogP contribution in [0.4, 0.5) is 17.6 Å². The van der Waals surface area contributed by atoms with Crippen LogP contribution in [0.3, 0.4) is 0 Å². The van der Waals surface area contributed by atoms with Crippen molar-refractivity contribution >= 4 is 0 Å². The highest BCUT2D eigenvalue weighted by Gasteiger charge is 2.32. The first-order valence-electron chi connectivity index (χ1n) is 5.78. The van der Waals surface area contributed by atoms with Crippen molar-refractivity contribution < 1.29 is 27.0 Å². The summed E-state index contributed by atoms with van der Waals surface area (Å²) in [5, 5.41) is 0. The second-order valence-corrected chi connectivity index (χ2v) is 4.20. The molecule has 0 saturated carbocycles. The van der Waals surface area contributed by atoms with Gasteiger partial charge in [-0.2, -0.15) is 0 Å². The zero-order chi connectivity index (χ0) is 13.9. The SMILES string of the molecule is Fc1cc(CN2CCOCC2)ccc1OC(F)(F)F. The number of halogens is 4. The van der Waals surface area contributed by atoms with Gasteiger partial charge in [-0.15, -0.1) is 13.2 Å². The van der Waals surface area contributed by atoms with Crippen LogP contribution in [0.25, 0.3) is 0 Å². The lowest BCUT2D eigenvalue weighted by Gasteiger charge is -2.26. The molecule has 1 saturated heterocycles. The largest absolute Gasteiger partial charge is 0.573 e. The third kappa shape index (κ3) is 4.36. The molecule has 3 nitrogen and oxygen atoms in total. The predicted molar refractivity (Wildman–Crippen MR) is 59.2 cm³/mol. The summed E-state index contributed by atoms with van der Waals surface area (Å²) in [5.41, 5.74) is 0.605. The number of hydrogen-bond donors (Lipinski definition) is 0. The van der Waals surface area contributed by atoms with E-state index >= 15 is 0 Å². The van der Waals surface area contributed by atoms with E-state index in [2.05, 4.69) is 4.74 Å². The topological polar surface area (TPSA) is 21.7 Å². The Morgan fingerprint density at radius 2 is 1.89 bits per heavy atom. The molecular formula is C12H13F4NO2. The average Bonchev–Trinajstić information content (AvgIpc) is 2.33. The van der Waals surface area contributed by atoms with Gasteiger partial charge in [0.2, 0.25) is 0 Å². The summed E-state index contributed by atoms with van der Waals surface area (Å²) in [7, 11) is 0. The molecule has 0 N–H and O–H groups in total. The molecule has 19 heavy (non-hydrogen) atoms. The van der Waals surface area contributed by atoms with E-state index in [0.29, 0.717) is 25.3 Å². The molecule has 0 atom stereocenters. The third-order valence-corrected chi connectivity index (χ3v) is 2.73. The van der Waals surface area contributed by atoms with Gasteiger partial charge in [-0.25, -0.2) is 4.39 Å². The Labute approximate surface area is 107 Å². The first-order valence-corrected chi connectivity index (χ1v) is 5.78. The highest BCUT2D eigenvalue weighted by Crippen LogP contribution is 2.26. The van der Waals surface area contributed by atoms with Crippen LogP contribution in [0, 0.1) is 5.82 Å². The summed E-state index contributed by atoms with van der Waals surface area (Å²) in [6.07, 6.45) is -4.88. The average molecular weight is 279 g/mol. The van der Waals surface area contributed by atoms with Crippen molar-refractivity contribution in [2.24, 2.45) is 0 Å². The standard InChI is InChI=1S/C12H13F4NO2/c13-10-7-9(8-17-3-5-18-6-4-17)1-2-11(10)19-12(14,15)16/h1-2,7H,3-6,8H2. The van der Waals surface area contributed by atoms with Gasteiger partial charge in [0, 0.05) is 19.6 Å². The smallest absolute Gasteiger partial charge is 0.403 e. The third-order valence-electron chi connectivity index (χ3n) is 2.73. The molecule has 0 amide bonds. The molecule has 1 aliphatic heterocycles. The van der Waals surface area contributed by atoms with Gasteiger partial charge < -0.3 is 9.47 Å². The Morgan fingerprint density at radius 3 is 2.47 bits per heavy atom. The lowest BCUT2D eigenvalue weighted by molar-refractivity contribution is -0.275.